The predicted octanol–water partition coefficient (Wildman–Crippen LogP) is 7.35. The van der Waals surface area contributed by atoms with Crippen LogP contribution in [0.1, 0.15) is 73.6 Å². The molecule has 0 aliphatic heterocycles. The van der Waals surface area contributed by atoms with Gasteiger partial charge in [-0.25, -0.2) is 35.2 Å². The number of nitrogens with one attached hydrogen (secondary N) is 2. The third-order valence-corrected chi connectivity index (χ3v) is 15.7. The number of hydrogen-bond acceptors (Lipinski definition) is 11. The van der Waals surface area contributed by atoms with E-state index in [9.17, 15) is 81.4 Å². The molecule has 0 fully saturated rings. The summed E-state index contributed by atoms with van der Waals surface area (Å²) < 4.78 is 198. The number of carboxylic acids is 2. The first kappa shape index (κ1) is 57.7. The van der Waals surface area contributed by atoms with Crippen LogP contribution in [0.2, 0.25) is 5.02 Å². The molecular weight excluding hydrogens is 1090 g/mol. The minimum atomic E-state index is -5.27. The van der Waals surface area contributed by atoms with Gasteiger partial charge in [0, 0.05) is 40.6 Å². The van der Waals surface area contributed by atoms with Gasteiger partial charge in [-0.1, -0.05) is 30.7 Å². The number of benzene rings is 2. The van der Waals surface area contributed by atoms with E-state index < -0.39 is 179 Å². The van der Waals surface area contributed by atoms with E-state index >= 15 is 8.78 Å². The Labute approximate surface area is 424 Å². The van der Waals surface area contributed by atoms with Crippen LogP contribution in [0.15, 0.2) is 42.5 Å². The van der Waals surface area contributed by atoms with Crippen molar-refractivity contribution < 1.29 is 90.1 Å². The van der Waals surface area contributed by atoms with E-state index in [-0.39, 0.29) is 43.3 Å². The molecule has 6 rings (SSSR count). The van der Waals surface area contributed by atoms with Crippen LogP contribution in [0, 0.1) is 17.6 Å². The fourth-order valence-corrected chi connectivity index (χ4v) is 9.79. The molecule has 3 heterocycles. The number of carbonyl (C=O) groups is 4. The number of aryl methyl sites for hydroxylation is 1. The summed E-state index contributed by atoms with van der Waals surface area (Å²) in [5, 5.41) is 28.6. The van der Waals surface area contributed by atoms with Gasteiger partial charge in [0.2, 0.25) is 15.9 Å². The van der Waals surface area contributed by atoms with Gasteiger partial charge in [-0.2, -0.15) is 49.6 Å². The highest BCUT2D eigenvalue weighted by Gasteiger charge is 2.54. The second-order valence-corrected chi connectivity index (χ2v) is 23.2. The van der Waals surface area contributed by atoms with Crippen LogP contribution in [-0.2, 0) is 78.7 Å². The number of aliphatic carboxylic acids is 2. The van der Waals surface area contributed by atoms with Crippen molar-refractivity contribution >= 4 is 72.1 Å². The van der Waals surface area contributed by atoms with Gasteiger partial charge in [0.1, 0.15) is 36.5 Å². The Morgan fingerprint density at radius 1 is 0.907 bits per heavy atom. The average Bonchev–Trinajstić information content (AvgIpc) is 3.86. The molecule has 408 valence electrons. The SMILES string of the molecule is C[C@@H]1Cc2c(C(F)(F)F)nn(CC(=O)N[C@@H](Cc3cc(F)cc(F)c3)c3nc(CCC(C)(C)S(C)(=O)=O)ccc3-c3ccc(Cl)c4c(N(C(=O)N[C@@H](CC(=O)O)C(=O)O)S(C)(=O)=O)nn(CC(F)(F)F)c34)c2C1(F)F. The highest BCUT2D eigenvalue weighted by molar-refractivity contribution is 7.93. The van der Waals surface area contributed by atoms with Gasteiger partial charge in [0.25, 0.3) is 5.92 Å². The molecule has 5 aromatic rings. The molecule has 1 aliphatic rings. The Morgan fingerprint density at radius 2 is 1.52 bits per heavy atom. The molecule has 2 aromatic carbocycles. The molecule has 1 aliphatic carbocycles. The number of amides is 3. The van der Waals surface area contributed by atoms with Crippen molar-refractivity contribution in [2.75, 3.05) is 16.8 Å². The van der Waals surface area contributed by atoms with Crippen LogP contribution in [0.4, 0.5) is 54.5 Å². The quantitative estimate of drug-likeness (QED) is 0.0627. The number of carbonyl (C=O) groups excluding carboxylic acids is 2. The van der Waals surface area contributed by atoms with Crippen LogP contribution in [0.3, 0.4) is 0 Å². The number of sulfonamides is 1. The molecule has 0 unspecified atom stereocenters. The maximum atomic E-state index is 15.6. The van der Waals surface area contributed by atoms with Crippen molar-refractivity contribution in [2.45, 2.75) is 101 Å². The number of alkyl halides is 8. The van der Waals surface area contributed by atoms with Crippen molar-refractivity contribution in [1.29, 1.82) is 0 Å². The molecule has 31 heteroatoms. The maximum absolute atomic E-state index is 15.6. The Hall–Kier alpha value is -6.56. The molecule has 4 N–H and O–H groups in total. The molecule has 0 saturated carbocycles. The van der Waals surface area contributed by atoms with Gasteiger partial charge in [-0.15, -0.1) is 0 Å². The van der Waals surface area contributed by atoms with Gasteiger partial charge >= 0.3 is 30.3 Å². The molecular formula is C44H43ClF10N8O10S2. The Balaban J connectivity index is 1.64. The molecule has 0 radical (unpaired) electrons. The minimum Gasteiger partial charge on any atom is -0.481 e. The summed E-state index contributed by atoms with van der Waals surface area (Å²) in [5.74, 6) is -14.3. The van der Waals surface area contributed by atoms with Gasteiger partial charge < -0.3 is 20.8 Å². The largest absolute Gasteiger partial charge is 0.481 e. The van der Waals surface area contributed by atoms with Crippen LogP contribution >= 0.6 is 11.6 Å². The number of hydrogen-bond donors (Lipinski definition) is 4. The Morgan fingerprint density at radius 3 is 2.07 bits per heavy atom. The molecule has 3 aromatic heterocycles. The van der Waals surface area contributed by atoms with E-state index in [4.69, 9.17) is 11.6 Å². The molecule has 0 bridgehead atoms. The lowest BCUT2D eigenvalue weighted by Crippen LogP contribution is -2.50. The first-order valence-electron chi connectivity index (χ1n) is 21.8. The van der Waals surface area contributed by atoms with E-state index in [2.05, 4.69) is 20.5 Å². The van der Waals surface area contributed by atoms with Crippen molar-refractivity contribution in [3.8, 4) is 11.1 Å². The number of rotatable bonds is 18. The molecule has 0 saturated heterocycles. The lowest BCUT2D eigenvalue weighted by atomic mass is 9.93. The summed E-state index contributed by atoms with van der Waals surface area (Å²) in [6.07, 6.45) is -12.5. The number of aromatic nitrogens is 5. The zero-order valence-corrected chi connectivity index (χ0v) is 41.9. The summed E-state index contributed by atoms with van der Waals surface area (Å²) in [6.45, 7) is 0.249. The molecule has 18 nitrogen and oxygen atoms in total. The van der Waals surface area contributed by atoms with Crippen molar-refractivity contribution in [1.82, 2.24) is 35.2 Å². The third kappa shape index (κ3) is 12.6. The number of nitrogens with zero attached hydrogens (tertiary/aromatic N) is 6. The monoisotopic (exact) mass is 1130 g/mol. The highest BCUT2D eigenvalue weighted by Crippen LogP contribution is 2.50. The first-order valence-corrected chi connectivity index (χ1v) is 25.9. The fraction of sp³-hybridized carbons (Fsp3) is 0.432. The number of fused-ring (bicyclic) bond motifs is 2. The number of anilines is 1. The number of halogens is 11. The lowest BCUT2D eigenvalue weighted by molar-refractivity contribution is -0.145. The number of sulfone groups is 1. The van der Waals surface area contributed by atoms with Crippen molar-refractivity contribution in [3.05, 3.63) is 93.0 Å². The molecule has 75 heavy (non-hydrogen) atoms. The van der Waals surface area contributed by atoms with Crippen LogP contribution in [-0.4, -0.2) is 105 Å². The van der Waals surface area contributed by atoms with E-state index in [1.165, 1.54) is 19.9 Å². The predicted molar refractivity (Wildman–Crippen MR) is 246 cm³/mol. The van der Waals surface area contributed by atoms with E-state index in [1.807, 2.05) is 0 Å². The summed E-state index contributed by atoms with van der Waals surface area (Å²) in [6, 6.07) is 0.316. The van der Waals surface area contributed by atoms with E-state index in [1.54, 1.807) is 5.32 Å². The minimum absolute atomic E-state index is 0.0209. The summed E-state index contributed by atoms with van der Waals surface area (Å²) in [7, 11) is -8.89. The third-order valence-electron chi connectivity index (χ3n) is 12.2. The summed E-state index contributed by atoms with van der Waals surface area (Å²) in [5.41, 5.74) is -6.17. The van der Waals surface area contributed by atoms with Gasteiger partial charge in [0.05, 0.1) is 45.1 Å². The fourth-order valence-electron chi connectivity index (χ4n) is 8.29. The van der Waals surface area contributed by atoms with Gasteiger partial charge in [0.15, 0.2) is 21.3 Å². The number of pyridine rings is 1. The zero-order valence-electron chi connectivity index (χ0n) is 39.5. The highest BCUT2D eigenvalue weighted by atomic mass is 35.5. The lowest BCUT2D eigenvalue weighted by Gasteiger charge is -2.25. The van der Waals surface area contributed by atoms with Crippen LogP contribution in [0.25, 0.3) is 22.0 Å². The standard InChI is InChI=1S/C44H43ClF10N8O10S2/c1-20-12-27-36(44(53,54)55)59-61(37(27)43(20,51)52)18-31(64)57-29(15-21-13-22(46)16-23(47)14-21)34-25(7-6-24(56-34)10-11-41(2,3)74(4,70)71)26-8-9-28(45)33-35(26)62(19-42(48,49)50)60-38(33)63(75(5,72)73)40(69)58-30(39(67)68)17-32(65)66/h6-9,13-14,16,20,29-30H,10-12,15,17-19H2,1-5H3,(H,57,64)(H,58,69)(H,65,66)(H,67,68)/t20-,29+,30+/m1/s1. The number of urea groups is 1. The number of carboxylic acid groups (broad SMARTS) is 2. The summed E-state index contributed by atoms with van der Waals surface area (Å²) in [4.78, 5) is 55.8. The topological polar surface area (TPSA) is 253 Å². The molecule has 0 spiro atoms. The van der Waals surface area contributed by atoms with Gasteiger partial charge in [-0.3, -0.25) is 23.9 Å². The second-order valence-electron chi connectivity index (χ2n) is 18.3. The molecule has 3 atom stereocenters. The van der Waals surface area contributed by atoms with Crippen LogP contribution < -0.4 is 14.9 Å². The normalized spacial score (nSPS) is 15.9. The van der Waals surface area contributed by atoms with E-state index in [0.717, 1.165) is 43.5 Å². The first-order chi connectivity index (χ1) is 34.3. The van der Waals surface area contributed by atoms with Crippen LogP contribution in [0.5, 0.6) is 0 Å². The Bertz CT molecular complexity index is 3330. The van der Waals surface area contributed by atoms with Crippen molar-refractivity contribution in [2.24, 2.45) is 5.92 Å². The summed E-state index contributed by atoms with van der Waals surface area (Å²) >= 11 is 6.58. The Kier molecular flexibility index (Phi) is 15.8. The second kappa shape index (κ2) is 20.5. The van der Waals surface area contributed by atoms with E-state index in [0.29, 0.717) is 12.3 Å². The maximum Gasteiger partial charge on any atom is 0.435 e. The molecule has 3 amide bonds. The zero-order chi connectivity index (χ0) is 56.3. The average molecular weight is 1130 g/mol. The van der Waals surface area contributed by atoms with Gasteiger partial charge in [-0.05, 0) is 69.4 Å². The van der Waals surface area contributed by atoms with Crippen molar-refractivity contribution in [3.63, 3.8) is 0 Å². The smallest absolute Gasteiger partial charge is 0.435 e.